The van der Waals surface area contributed by atoms with E-state index in [1.54, 1.807) is 4.90 Å². The number of hydrogen-bond acceptors (Lipinski definition) is 6. The summed E-state index contributed by atoms with van der Waals surface area (Å²) in [5, 5.41) is 0.195. The Labute approximate surface area is 182 Å². The molecule has 12 heteroatoms. The average Bonchev–Trinajstić information content (AvgIpc) is 3.39. The third-order valence-corrected chi connectivity index (χ3v) is 6.27. The van der Waals surface area contributed by atoms with Crippen LogP contribution in [-0.2, 0) is 17.1 Å². The van der Waals surface area contributed by atoms with Crippen molar-refractivity contribution in [3.63, 3.8) is 0 Å². The van der Waals surface area contributed by atoms with Crippen molar-refractivity contribution in [2.24, 2.45) is 0 Å². The average molecular weight is 472 g/mol. The molecule has 3 heterocycles. The van der Waals surface area contributed by atoms with Gasteiger partial charge in [0, 0.05) is 13.0 Å². The number of fused-ring (bicyclic) bond motifs is 1. The van der Waals surface area contributed by atoms with E-state index in [-0.39, 0.29) is 27.7 Å². The van der Waals surface area contributed by atoms with Crippen LogP contribution in [0.15, 0.2) is 35.1 Å². The SMILES string of the molecule is O=C(CCc1ccccc1)[C@H]1CCCN1c1nc2c(=O)[nH]c(C(F)(F)C(F)(F)F)nc2s1. The minimum atomic E-state index is -5.91. The lowest BCUT2D eigenvalue weighted by atomic mass is 10.0. The normalized spacial score (nSPS) is 17.3. The fourth-order valence-corrected chi connectivity index (χ4v) is 4.65. The molecule has 0 radical (unpaired) electrons. The van der Waals surface area contributed by atoms with Crippen molar-refractivity contribution in [1.82, 2.24) is 15.0 Å². The van der Waals surface area contributed by atoms with E-state index < -0.39 is 29.5 Å². The molecule has 1 atom stereocenters. The van der Waals surface area contributed by atoms with Crippen molar-refractivity contribution in [2.75, 3.05) is 11.4 Å². The molecule has 3 aromatic rings. The van der Waals surface area contributed by atoms with Gasteiger partial charge in [-0.1, -0.05) is 41.7 Å². The molecule has 170 valence electrons. The minimum Gasteiger partial charge on any atom is -0.338 e. The van der Waals surface area contributed by atoms with Gasteiger partial charge in [-0.15, -0.1) is 0 Å². The number of Topliss-reactive ketones (excluding diaryl/α,β-unsaturated/α-hetero) is 1. The van der Waals surface area contributed by atoms with Gasteiger partial charge in [0.2, 0.25) is 0 Å². The topological polar surface area (TPSA) is 79.0 Å². The predicted molar refractivity (Wildman–Crippen MR) is 108 cm³/mol. The molecule has 2 aromatic heterocycles. The van der Waals surface area contributed by atoms with Gasteiger partial charge in [-0.3, -0.25) is 9.59 Å². The standard InChI is InChI=1S/C20H17F5N4O2S/c21-19(22,20(23,24)25)17-27-15(31)14-16(28-17)32-18(26-14)29-10-4-7-12(29)13(30)9-8-11-5-2-1-3-6-11/h1-3,5-6,12H,4,7-10H2,(H,27,28,31)/t12-/m1/s1. The Morgan fingerprint density at radius 2 is 1.88 bits per heavy atom. The van der Waals surface area contributed by atoms with Crippen molar-refractivity contribution >= 4 is 32.6 Å². The maximum absolute atomic E-state index is 13.6. The maximum atomic E-state index is 13.6. The van der Waals surface area contributed by atoms with Crippen LogP contribution < -0.4 is 10.5 Å². The van der Waals surface area contributed by atoms with Crippen molar-refractivity contribution in [3.8, 4) is 0 Å². The van der Waals surface area contributed by atoms with Crippen molar-refractivity contribution in [3.05, 3.63) is 52.1 Å². The number of carbonyl (C=O) groups excluding carboxylic acids is 1. The highest BCUT2D eigenvalue weighted by Crippen LogP contribution is 2.42. The molecule has 0 amide bonds. The van der Waals surface area contributed by atoms with Crippen LogP contribution in [0.25, 0.3) is 10.3 Å². The Balaban J connectivity index is 1.59. The zero-order valence-electron chi connectivity index (χ0n) is 16.5. The van der Waals surface area contributed by atoms with Gasteiger partial charge in [0.15, 0.2) is 27.1 Å². The highest BCUT2D eigenvalue weighted by atomic mass is 32.1. The van der Waals surface area contributed by atoms with Crippen LogP contribution in [0.2, 0.25) is 0 Å². The highest BCUT2D eigenvalue weighted by molar-refractivity contribution is 7.21. The molecule has 1 fully saturated rings. The zero-order valence-corrected chi connectivity index (χ0v) is 17.3. The van der Waals surface area contributed by atoms with Crippen molar-refractivity contribution in [2.45, 2.75) is 43.8 Å². The number of carbonyl (C=O) groups is 1. The van der Waals surface area contributed by atoms with Gasteiger partial charge >= 0.3 is 12.1 Å². The largest absolute Gasteiger partial charge is 0.461 e. The predicted octanol–water partition coefficient (Wildman–Crippen LogP) is 4.20. The Morgan fingerprint density at radius 3 is 2.56 bits per heavy atom. The van der Waals surface area contributed by atoms with E-state index in [2.05, 4.69) is 9.97 Å². The van der Waals surface area contributed by atoms with E-state index in [0.29, 0.717) is 37.1 Å². The first-order chi connectivity index (χ1) is 15.1. The fraction of sp³-hybridized carbons (Fsp3) is 0.400. The molecule has 1 aliphatic rings. The smallest absolute Gasteiger partial charge is 0.338 e. The number of ketones is 1. The molecule has 0 bridgehead atoms. The number of nitrogens with one attached hydrogen (secondary N) is 1. The summed E-state index contributed by atoms with van der Waals surface area (Å²) in [5.41, 5.74) is -0.518. The lowest BCUT2D eigenvalue weighted by Crippen LogP contribution is -2.37. The van der Waals surface area contributed by atoms with Gasteiger partial charge in [-0.25, -0.2) is 9.97 Å². The second-order valence-corrected chi connectivity index (χ2v) is 8.40. The van der Waals surface area contributed by atoms with E-state index in [1.807, 2.05) is 30.3 Å². The van der Waals surface area contributed by atoms with E-state index in [4.69, 9.17) is 0 Å². The van der Waals surface area contributed by atoms with Crippen LogP contribution in [0, 0.1) is 0 Å². The summed E-state index contributed by atoms with van der Waals surface area (Å²) in [6.07, 6.45) is -3.82. The van der Waals surface area contributed by atoms with E-state index in [0.717, 1.165) is 5.56 Å². The molecular weight excluding hydrogens is 455 g/mol. The maximum Gasteiger partial charge on any atom is 0.461 e. The summed E-state index contributed by atoms with van der Waals surface area (Å²) in [5.74, 6) is -7.12. The third kappa shape index (κ3) is 4.10. The number of benzene rings is 1. The number of hydrogen-bond donors (Lipinski definition) is 1. The summed E-state index contributed by atoms with van der Waals surface area (Å²) in [6, 6.07) is 8.96. The molecule has 1 N–H and O–H groups in total. The summed E-state index contributed by atoms with van der Waals surface area (Å²) in [4.78, 5) is 35.2. The first-order valence-corrected chi connectivity index (χ1v) is 10.6. The van der Waals surface area contributed by atoms with E-state index >= 15 is 0 Å². The lowest BCUT2D eigenvalue weighted by Gasteiger charge is -2.22. The van der Waals surface area contributed by atoms with Crippen LogP contribution in [0.4, 0.5) is 27.1 Å². The molecular formula is C20H17F5N4O2S. The Hall–Kier alpha value is -2.89. The van der Waals surface area contributed by atoms with Crippen molar-refractivity contribution in [1.29, 1.82) is 0 Å². The van der Waals surface area contributed by atoms with Gasteiger partial charge in [-0.05, 0) is 24.8 Å². The highest BCUT2D eigenvalue weighted by Gasteiger charge is 2.61. The molecule has 1 aromatic carbocycles. The second kappa shape index (κ2) is 8.23. The molecule has 0 saturated carbocycles. The number of thiazole rings is 1. The first-order valence-electron chi connectivity index (χ1n) is 9.77. The van der Waals surface area contributed by atoms with Crippen molar-refractivity contribution < 1.29 is 26.7 Å². The van der Waals surface area contributed by atoms with Crippen LogP contribution in [0.3, 0.4) is 0 Å². The third-order valence-electron chi connectivity index (χ3n) is 5.28. The number of anilines is 1. The summed E-state index contributed by atoms with van der Waals surface area (Å²) in [7, 11) is 0. The lowest BCUT2D eigenvalue weighted by molar-refractivity contribution is -0.292. The Morgan fingerprint density at radius 1 is 1.16 bits per heavy atom. The zero-order chi connectivity index (χ0) is 23.1. The molecule has 0 spiro atoms. The molecule has 1 aliphatic heterocycles. The number of halogens is 5. The molecule has 6 nitrogen and oxygen atoms in total. The number of aromatic nitrogens is 3. The van der Waals surface area contributed by atoms with Crippen LogP contribution in [-0.4, -0.2) is 39.5 Å². The summed E-state index contributed by atoms with van der Waals surface area (Å²) in [6.45, 7) is 0.449. The number of aromatic amines is 1. The number of nitrogens with zero attached hydrogens (tertiary/aromatic N) is 3. The number of aryl methyl sites for hydroxylation is 1. The quantitative estimate of drug-likeness (QED) is 0.544. The van der Waals surface area contributed by atoms with E-state index in [9.17, 15) is 31.5 Å². The van der Waals surface area contributed by atoms with Gasteiger partial charge in [0.1, 0.15) is 0 Å². The van der Waals surface area contributed by atoms with E-state index in [1.165, 1.54) is 4.98 Å². The molecule has 0 aliphatic carbocycles. The summed E-state index contributed by atoms with van der Waals surface area (Å²) < 4.78 is 65.3. The fourth-order valence-electron chi connectivity index (χ4n) is 3.64. The molecule has 4 rings (SSSR count). The van der Waals surface area contributed by atoms with Gasteiger partial charge in [0.05, 0.1) is 6.04 Å². The van der Waals surface area contributed by atoms with Crippen LogP contribution in [0.5, 0.6) is 0 Å². The number of alkyl halides is 5. The first kappa shape index (κ1) is 22.3. The number of H-pyrrole nitrogens is 1. The number of rotatable bonds is 6. The molecule has 32 heavy (non-hydrogen) atoms. The molecule has 1 saturated heterocycles. The Kier molecular flexibility index (Phi) is 5.74. The summed E-state index contributed by atoms with van der Waals surface area (Å²) >= 11 is 0.716. The Bertz CT molecular complexity index is 1190. The van der Waals surface area contributed by atoms with Gasteiger partial charge in [-0.2, -0.15) is 22.0 Å². The van der Waals surface area contributed by atoms with Crippen LogP contribution >= 0.6 is 11.3 Å². The molecule has 0 unspecified atom stereocenters. The van der Waals surface area contributed by atoms with Crippen LogP contribution in [0.1, 0.15) is 30.7 Å². The van der Waals surface area contributed by atoms with Gasteiger partial charge in [0.25, 0.3) is 5.56 Å². The minimum absolute atomic E-state index is 0.0308. The second-order valence-electron chi connectivity index (χ2n) is 7.44. The monoisotopic (exact) mass is 472 g/mol. The van der Waals surface area contributed by atoms with Gasteiger partial charge < -0.3 is 9.88 Å².